The van der Waals surface area contributed by atoms with Gasteiger partial charge in [-0.05, 0) is 23.3 Å². The van der Waals surface area contributed by atoms with Gasteiger partial charge in [-0.3, -0.25) is 4.40 Å². The Bertz CT molecular complexity index is 1400. The molecule has 0 unspecified atom stereocenters. The van der Waals surface area contributed by atoms with Gasteiger partial charge in [0.15, 0.2) is 0 Å². The summed E-state index contributed by atoms with van der Waals surface area (Å²) in [4.78, 5) is 25.1. The second-order valence-corrected chi connectivity index (χ2v) is 7.49. The average Bonchev–Trinajstić information content (AvgIpc) is 3.26. The number of aromatic nitrogens is 4. The third-order valence-corrected chi connectivity index (χ3v) is 5.39. The largest absolute Gasteiger partial charge is 0.465 e. The normalized spacial score (nSPS) is 10.8. The smallest absolute Gasteiger partial charge is 0.339 e. The number of carbonyl (C=O) groups is 1. The highest BCUT2D eigenvalue weighted by molar-refractivity contribution is 5.90. The van der Waals surface area contributed by atoms with Crippen molar-refractivity contribution in [2.45, 2.75) is 6.54 Å². The number of benzene rings is 2. The zero-order valence-corrected chi connectivity index (χ0v) is 18.0. The van der Waals surface area contributed by atoms with Crippen LogP contribution in [0.15, 0.2) is 91.6 Å². The van der Waals surface area contributed by atoms with E-state index >= 15 is 0 Å². The molecular weight excluding hydrogens is 414 g/mol. The van der Waals surface area contributed by atoms with Crippen LogP contribution in [0.2, 0.25) is 0 Å². The first-order valence-electron chi connectivity index (χ1n) is 10.5. The third kappa shape index (κ3) is 4.16. The highest BCUT2D eigenvalue weighted by atomic mass is 16.5. The third-order valence-electron chi connectivity index (χ3n) is 5.39. The van der Waals surface area contributed by atoms with Crippen molar-refractivity contribution in [2.75, 3.05) is 12.4 Å². The predicted octanol–water partition coefficient (Wildman–Crippen LogP) is 4.86. The molecule has 2 aromatic carbocycles. The maximum absolute atomic E-state index is 12.1. The zero-order valence-electron chi connectivity index (χ0n) is 18.0. The van der Waals surface area contributed by atoms with Crippen LogP contribution in [-0.4, -0.2) is 32.4 Å². The van der Waals surface area contributed by atoms with Crippen LogP contribution in [0.5, 0.6) is 0 Å². The maximum atomic E-state index is 12.1. The highest BCUT2D eigenvalue weighted by Gasteiger charge is 2.16. The van der Waals surface area contributed by atoms with E-state index in [9.17, 15) is 4.79 Å². The van der Waals surface area contributed by atoms with Crippen LogP contribution < -0.4 is 5.32 Å². The number of fused-ring (bicyclic) bond motifs is 1. The molecule has 0 bridgehead atoms. The molecular formula is C26H21N5O2. The summed E-state index contributed by atoms with van der Waals surface area (Å²) in [6, 6.07) is 21.8. The minimum atomic E-state index is -0.393. The van der Waals surface area contributed by atoms with Crippen molar-refractivity contribution in [3.05, 3.63) is 103 Å². The Morgan fingerprint density at radius 1 is 0.909 bits per heavy atom. The lowest BCUT2D eigenvalue weighted by Crippen LogP contribution is -2.06. The van der Waals surface area contributed by atoms with Crippen LogP contribution >= 0.6 is 0 Å². The fraction of sp³-hybridized carbons (Fsp3) is 0.0769. The van der Waals surface area contributed by atoms with Crippen LogP contribution in [0.1, 0.15) is 15.9 Å². The van der Waals surface area contributed by atoms with E-state index in [0.717, 1.165) is 39.4 Å². The quantitative estimate of drug-likeness (QED) is 0.384. The Kier molecular flexibility index (Phi) is 5.51. The molecule has 1 N–H and O–H groups in total. The van der Waals surface area contributed by atoms with Crippen molar-refractivity contribution in [2.24, 2.45) is 0 Å². The molecule has 33 heavy (non-hydrogen) atoms. The van der Waals surface area contributed by atoms with Crippen molar-refractivity contribution < 1.29 is 9.53 Å². The summed E-state index contributed by atoms with van der Waals surface area (Å²) in [7, 11) is 1.37. The molecule has 0 aliphatic heterocycles. The monoisotopic (exact) mass is 435 g/mol. The van der Waals surface area contributed by atoms with Gasteiger partial charge >= 0.3 is 5.97 Å². The molecule has 162 valence electrons. The maximum Gasteiger partial charge on any atom is 0.339 e. The molecule has 0 radical (unpaired) electrons. The van der Waals surface area contributed by atoms with Gasteiger partial charge in [-0.1, -0.05) is 54.6 Å². The first kappa shape index (κ1) is 20.4. The van der Waals surface area contributed by atoms with Gasteiger partial charge in [0.1, 0.15) is 23.5 Å². The number of imidazole rings is 1. The van der Waals surface area contributed by atoms with Gasteiger partial charge in [-0.2, -0.15) is 0 Å². The minimum absolute atomic E-state index is 0.393. The molecule has 0 aliphatic carbocycles. The lowest BCUT2D eigenvalue weighted by Gasteiger charge is -2.10. The van der Waals surface area contributed by atoms with Gasteiger partial charge in [-0.25, -0.2) is 19.7 Å². The summed E-state index contributed by atoms with van der Waals surface area (Å²) in [6.45, 7) is 0.615. The molecule has 0 aliphatic rings. The molecule has 0 atom stereocenters. The van der Waals surface area contributed by atoms with Gasteiger partial charge in [0.05, 0.1) is 12.7 Å². The SMILES string of the molecule is COC(=O)c1ccc2nc(-c3ccc(-c4cncnc4)cc3)c(NCc3ccccc3)n2c1. The van der Waals surface area contributed by atoms with Gasteiger partial charge in [-0.15, -0.1) is 0 Å². The van der Waals surface area contributed by atoms with E-state index in [1.54, 1.807) is 24.7 Å². The number of ether oxygens (including phenoxy) is 1. The molecule has 0 saturated heterocycles. The lowest BCUT2D eigenvalue weighted by molar-refractivity contribution is 0.0600. The molecule has 7 nitrogen and oxygen atoms in total. The summed E-state index contributed by atoms with van der Waals surface area (Å²) in [5.74, 6) is 0.408. The summed E-state index contributed by atoms with van der Waals surface area (Å²) in [5, 5.41) is 3.51. The summed E-state index contributed by atoms with van der Waals surface area (Å²) in [5.41, 5.74) is 6.05. The molecule has 0 spiro atoms. The number of esters is 1. The van der Waals surface area contributed by atoms with Crippen molar-refractivity contribution >= 4 is 17.4 Å². The van der Waals surface area contributed by atoms with Crippen molar-refractivity contribution in [1.82, 2.24) is 19.4 Å². The molecule has 3 aromatic heterocycles. The predicted molar refractivity (Wildman–Crippen MR) is 127 cm³/mol. The van der Waals surface area contributed by atoms with Crippen molar-refractivity contribution in [3.8, 4) is 22.4 Å². The number of anilines is 1. The number of carbonyl (C=O) groups excluding carboxylic acids is 1. The summed E-state index contributed by atoms with van der Waals surface area (Å²) >= 11 is 0. The fourth-order valence-electron chi connectivity index (χ4n) is 3.70. The van der Waals surface area contributed by atoms with E-state index in [2.05, 4.69) is 27.4 Å². The van der Waals surface area contributed by atoms with Crippen LogP contribution in [0.4, 0.5) is 5.82 Å². The first-order chi connectivity index (χ1) is 16.2. The van der Waals surface area contributed by atoms with E-state index < -0.39 is 5.97 Å². The van der Waals surface area contributed by atoms with Gasteiger partial charge in [0.2, 0.25) is 0 Å². The molecule has 0 fully saturated rings. The van der Waals surface area contributed by atoms with E-state index in [-0.39, 0.29) is 0 Å². The summed E-state index contributed by atoms with van der Waals surface area (Å²) in [6.07, 6.45) is 6.84. The van der Waals surface area contributed by atoms with Crippen LogP contribution in [-0.2, 0) is 11.3 Å². The number of hydrogen-bond donors (Lipinski definition) is 1. The highest BCUT2D eigenvalue weighted by Crippen LogP contribution is 2.31. The Morgan fingerprint density at radius 3 is 2.36 bits per heavy atom. The minimum Gasteiger partial charge on any atom is -0.465 e. The second-order valence-electron chi connectivity index (χ2n) is 7.49. The number of pyridine rings is 1. The second kappa shape index (κ2) is 8.92. The van der Waals surface area contributed by atoms with E-state index in [1.165, 1.54) is 13.4 Å². The molecule has 0 amide bonds. The Balaban J connectivity index is 1.57. The van der Waals surface area contributed by atoms with Gasteiger partial charge in [0.25, 0.3) is 0 Å². The topological polar surface area (TPSA) is 81.4 Å². The number of rotatable bonds is 6. The molecule has 5 rings (SSSR count). The Hall–Kier alpha value is -4.52. The van der Waals surface area contributed by atoms with Crippen molar-refractivity contribution in [3.63, 3.8) is 0 Å². The average molecular weight is 435 g/mol. The van der Waals surface area contributed by atoms with Gasteiger partial charge in [0, 0.05) is 36.3 Å². The zero-order chi connectivity index (χ0) is 22.6. The molecule has 3 heterocycles. The number of nitrogens with one attached hydrogen (secondary N) is 1. The van der Waals surface area contributed by atoms with Crippen LogP contribution in [0.25, 0.3) is 28.0 Å². The fourth-order valence-corrected chi connectivity index (χ4v) is 3.70. The van der Waals surface area contributed by atoms with E-state index in [4.69, 9.17) is 9.72 Å². The van der Waals surface area contributed by atoms with Crippen molar-refractivity contribution in [1.29, 1.82) is 0 Å². The Morgan fingerprint density at radius 2 is 1.64 bits per heavy atom. The van der Waals surface area contributed by atoms with Crippen LogP contribution in [0.3, 0.4) is 0 Å². The first-order valence-corrected chi connectivity index (χ1v) is 10.5. The number of methoxy groups -OCH3 is 1. The number of nitrogens with zero attached hydrogens (tertiary/aromatic N) is 4. The van der Waals surface area contributed by atoms with E-state index in [1.807, 2.05) is 52.9 Å². The van der Waals surface area contributed by atoms with Crippen LogP contribution in [0, 0.1) is 0 Å². The number of hydrogen-bond acceptors (Lipinski definition) is 6. The summed E-state index contributed by atoms with van der Waals surface area (Å²) < 4.78 is 6.79. The standard InChI is InChI=1S/C26H21N5O2/c1-33-26(32)21-11-12-23-30-24(20-9-7-19(8-10-20)22-14-27-17-28-15-22)25(31(23)16-21)29-13-18-5-3-2-4-6-18/h2-12,14-17,29H,13H2,1H3. The van der Waals surface area contributed by atoms with Gasteiger partial charge < -0.3 is 10.1 Å². The molecule has 7 heteroatoms. The molecule has 0 saturated carbocycles. The Labute approximate surface area is 190 Å². The van der Waals surface area contributed by atoms with E-state index in [0.29, 0.717) is 12.1 Å². The molecule has 5 aromatic rings. The lowest BCUT2D eigenvalue weighted by atomic mass is 10.1.